The van der Waals surface area contributed by atoms with E-state index in [1.807, 2.05) is 30.3 Å². The predicted octanol–water partition coefficient (Wildman–Crippen LogP) is 4.32. The molecule has 0 radical (unpaired) electrons. The van der Waals surface area contributed by atoms with Crippen molar-refractivity contribution in [2.45, 2.75) is 58.8 Å². The van der Waals surface area contributed by atoms with Gasteiger partial charge < -0.3 is 20.1 Å². The Balaban J connectivity index is 2.01. The first kappa shape index (κ1) is 22.8. The van der Waals surface area contributed by atoms with Crippen LogP contribution in [0.2, 0.25) is 0 Å². The van der Waals surface area contributed by atoms with Gasteiger partial charge in [0, 0.05) is 11.1 Å². The fraction of sp³-hybridized carbons (Fsp3) is 0.476. The van der Waals surface area contributed by atoms with Crippen LogP contribution in [0.3, 0.4) is 0 Å². The van der Waals surface area contributed by atoms with Gasteiger partial charge in [0.2, 0.25) is 0 Å². The van der Waals surface area contributed by atoms with Crippen molar-refractivity contribution in [3.8, 4) is 0 Å². The number of anilines is 1. The van der Waals surface area contributed by atoms with Crippen molar-refractivity contribution >= 4 is 28.5 Å². The maximum Gasteiger partial charge on any atom is 0.408 e. The molecule has 0 saturated carbocycles. The van der Waals surface area contributed by atoms with Crippen LogP contribution in [0.5, 0.6) is 0 Å². The lowest BCUT2D eigenvalue weighted by atomic mass is 10.2. The Morgan fingerprint density at radius 1 is 1.17 bits per heavy atom. The number of aromatic nitrogens is 1. The zero-order valence-corrected chi connectivity index (χ0v) is 18.3. The molecule has 0 unspecified atom stereocenters. The highest BCUT2D eigenvalue weighted by atomic mass is 32.1. The SMILES string of the molecule is CC(C)c1cnc(NC(=O)[C@H](COCc2ccccc2)NC(=O)OC(C)(C)C)s1. The second kappa shape index (κ2) is 10.4. The van der Waals surface area contributed by atoms with Gasteiger partial charge in [0.25, 0.3) is 5.91 Å². The Bertz CT molecular complexity index is 800. The van der Waals surface area contributed by atoms with Gasteiger partial charge in [0.1, 0.15) is 11.6 Å². The van der Waals surface area contributed by atoms with Crippen LogP contribution in [0.25, 0.3) is 0 Å². The lowest BCUT2D eigenvalue weighted by molar-refractivity contribution is -0.119. The number of nitrogens with zero attached hydrogens (tertiary/aromatic N) is 1. The average Bonchev–Trinajstić information content (AvgIpc) is 3.09. The third-order valence-electron chi connectivity index (χ3n) is 3.73. The molecule has 0 fully saturated rings. The van der Waals surface area contributed by atoms with Crippen molar-refractivity contribution in [2.24, 2.45) is 0 Å². The molecule has 0 aliphatic rings. The Labute approximate surface area is 175 Å². The van der Waals surface area contributed by atoms with Gasteiger partial charge in [-0.2, -0.15) is 0 Å². The number of amides is 2. The fourth-order valence-corrected chi connectivity index (χ4v) is 3.13. The first-order valence-corrected chi connectivity index (χ1v) is 10.3. The molecule has 0 spiro atoms. The number of thiazole rings is 1. The number of hydrogen-bond donors (Lipinski definition) is 2. The van der Waals surface area contributed by atoms with E-state index in [9.17, 15) is 9.59 Å². The van der Waals surface area contributed by atoms with Crippen molar-refractivity contribution < 1.29 is 19.1 Å². The zero-order valence-electron chi connectivity index (χ0n) is 17.5. The van der Waals surface area contributed by atoms with Crippen molar-refractivity contribution in [3.05, 3.63) is 47.0 Å². The van der Waals surface area contributed by atoms with E-state index < -0.39 is 23.6 Å². The summed E-state index contributed by atoms with van der Waals surface area (Å²) in [5.74, 6) is -0.0865. The van der Waals surface area contributed by atoms with Gasteiger partial charge in [0.15, 0.2) is 5.13 Å². The molecule has 1 aromatic heterocycles. The van der Waals surface area contributed by atoms with Crippen molar-refractivity contribution in [1.82, 2.24) is 10.3 Å². The standard InChI is InChI=1S/C21H29N3O4S/c1-14(2)17-11-22-19(29-17)24-18(25)16(23-20(26)28-21(3,4)5)13-27-12-15-9-7-6-8-10-15/h6-11,14,16H,12-13H2,1-5H3,(H,23,26)(H,22,24,25)/t16-/m0/s1. The van der Waals surface area contributed by atoms with Gasteiger partial charge in [-0.1, -0.05) is 44.2 Å². The third-order valence-corrected chi connectivity index (χ3v) is 4.94. The summed E-state index contributed by atoms with van der Waals surface area (Å²) in [6.07, 6.45) is 1.07. The van der Waals surface area contributed by atoms with Crippen LogP contribution < -0.4 is 10.6 Å². The highest BCUT2D eigenvalue weighted by molar-refractivity contribution is 7.15. The third kappa shape index (κ3) is 8.21. The van der Waals surface area contributed by atoms with Crippen LogP contribution in [0.1, 0.15) is 51.0 Å². The van der Waals surface area contributed by atoms with E-state index in [1.54, 1.807) is 27.0 Å². The summed E-state index contributed by atoms with van der Waals surface area (Å²) in [6, 6.07) is 8.69. The molecule has 0 saturated heterocycles. The number of rotatable bonds is 8. The number of ether oxygens (including phenoxy) is 2. The first-order chi connectivity index (χ1) is 13.6. The minimum Gasteiger partial charge on any atom is -0.444 e. The number of carbonyl (C=O) groups is 2. The molecule has 0 bridgehead atoms. The zero-order chi connectivity index (χ0) is 21.4. The van der Waals surface area contributed by atoms with Crippen LogP contribution in [0.15, 0.2) is 36.5 Å². The van der Waals surface area contributed by atoms with E-state index in [-0.39, 0.29) is 6.61 Å². The monoisotopic (exact) mass is 419 g/mol. The molecular formula is C21H29N3O4S. The van der Waals surface area contributed by atoms with E-state index in [0.717, 1.165) is 10.4 Å². The summed E-state index contributed by atoms with van der Waals surface area (Å²) in [5.41, 5.74) is 0.308. The number of alkyl carbamates (subject to hydrolysis) is 1. The van der Waals surface area contributed by atoms with Gasteiger partial charge in [-0.15, -0.1) is 11.3 Å². The summed E-state index contributed by atoms with van der Waals surface area (Å²) < 4.78 is 10.9. The molecule has 158 valence electrons. The van der Waals surface area contributed by atoms with E-state index in [1.165, 1.54) is 11.3 Å². The van der Waals surface area contributed by atoms with Gasteiger partial charge in [-0.25, -0.2) is 9.78 Å². The molecule has 29 heavy (non-hydrogen) atoms. The number of hydrogen-bond acceptors (Lipinski definition) is 6. The highest BCUT2D eigenvalue weighted by Gasteiger charge is 2.25. The lowest BCUT2D eigenvalue weighted by Gasteiger charge is -2.23. The summed E-state index contributed by atoms with van der Waals surface area (Å²) in [5, 5.41) is 5.82. The second-order valence-corrected chi connectivity index (χ2v) is 8.97. The molecule has 8 heteroatoms. The summed E-state index contributed by atoms with van der Waals surface area (Å²) in [4.78, 5) is 30.2. The Morgan fingerprint density at radius 3 is 2.45 bits per heavy atom. The molecule has 2 rings (SSSR count). The lowest BCUT2D eigenvalue weighted by Crippen LogP contribution is -2.48. The first-order valence-electron chi connectivity index (χ1n) is 9.52. The number of benzene rings is 1. The summed E-state index contributed by atoms with van der Waals surface area (Å²) in [7, 11) is 0. The van der Waals surface area contributed by atoms with Crippen LogP contribution in [0.4, 0.5) is 9.93 Å². The smallest absolute Gasteiger partial charge is 0.408 e. The van der Waals surface area contributed by atoms with Gasteiger partial charge in [0.05, 0.1) is 13.2 Å². The Kier molecular flexibility index (Phi) is 8.16. The Morgan fingerprint density at radius 2 is 1.86 bits per heavy atom. The molecule has 7 nitrogen and oxygen atoms in total. The Hall–Kier alpha value is -2.45. The van der Waals surface area contributed by atoms with E-state index in [0.29, 0.717) is 17.7 Å². The molecule has 1 heterocycles. The maximum absolute atomic E-state index is 12.7. The van der Waals surface area contributed by atoms with Crippen molar-refractivity contribution in [2.75, 3.05) is 11.9 Å². The molecule has 2 aromatic rings. The van der Waals surface area contributed by atoms with Crippen molar-refractivity contribution in [1.29, 1.82) is 0 Å². The van der Waals surface area contributed by atoms with Crippen molar-refractivity contribution in [3.63, 3.8) is 0 Å². The van der Waals surface area contributed by atoms with E-state index in [4.69, 9.17) is 9.47 Å². The predicted molar refractivity (Wildman–Crippen MR) is 114 cm³/mol. The molecule has 1 aromatic carbocycles. The minimum atomic E-state index is -0.917. The molecular weight excluding hydrogens is 390 g/mol. The van der Waals surface area contributed by atoms with Crippen LogP contribution in [-0.4, -0.2) is 35.2 Å². The molecule has 2 N–H and O–H groups in total. The second-order valence-electron chi connectivity index (χ2n) is 7.91. The molecule has 0 aliphatic carbocycles. The largest absolute Gasteiger partial charge is 0.444 e. The maximum atomic E-state index is 12.7. The topological polar surface area (TPSA) is 89.5 Å². The summed E-state index contributed by atoms with van der Waals surface area (Å²) in [6.45, 7) is 9.73. The van der Waals surface area contributed by atoms with Crippen LogP contribution in [-0.2, 0) is 20.9 Å². The van der Waals surface area contributed by atoms with Gasteiger partial charge in [-0.3, -0.25) is 4.79 Å². The normalized spacial score (nSPS) is 12.5. The number of nitrogens with one attached hydrogen (secondary N) is 2. The molecule has 1 atom stereocenters. The minimum absolute atomic E-state index is 0.00236. The summed E-state index contributed by atoms with van der Waals surface area (Å²) >= 11 is 1.41. The van der Waals surface area contributed by atoms with E-state index >= 15 is 0 Å². The average molecular weight is 420 g/mol. The molecule has 2 amide bonds. The number of carbonyl (C=O) groups excluding carboxylic acids is 2. The highest BCUT2D eigenvalue weighted by Crippen LogP contribution is 2.25. The fourth-order valence-electron chi connectivity index (χ4n) is 2.31. The van der Waals surface area contributed by atoms with Crippen LogP contribution >= 0.6 is 11.3 Å². The molecule has 0 aliphatic heterocycles. The van der Waals surface area contributed by atoms with Gasteiger partial charge in [-0.05, 0) is 32.3 Å². The van der Waals surface area contributed by atoms with E-state index in [2.05, 4.69) is 29.5 Å². The quantitative estimate of drug-likeness (QED) is 0.665. The van der Waals surface area contributed by atoms with Crippen LogP contribution in [0, 0.1) is 0 Å². The van der Waals surface area contributed by atoms with Gasteiger partial charge >= 0.3 is 6.09 Å².